The Morgan fingerprint density at radius 3 is 2.40 bits per heavy atom. The van der Waals surface area contributed by atoms with E-state index in [1.54, 1.807) is 7.11 Å². The third kappa shape index (κ3) is 4.49. The number of hydrogen-bond donors (Lipinski definition) is 0. The van der Waals surface area contributed by atoms with E-state index in [2.05, 4.69) is 0 Å². The topological polar surface area (TPSA) is 35.5 Å². The predicted octanol–water partition coefficient (Wildman–Crippen LogP) is 2.44. The van der Waals surface area contributed by atoms with Gasteiger partial charge >= 0.3 is 0 Å². The standard InChI is InChI=1S/C12H16O3/c1-14-11-5-7-12(8-6-11)15-10-4-2-3-9-13/h5-9H,2-4,10H2,1H3. The average Bonchev–Trinajstić information content (AvgIpc) is 2.30. The number of carbonyl (C=O) groups is 1. The van der Waals surface area contributed by atoms with Crippen molar-refractivity contribution in [3.63, 3.8) is 0 Å². The molecule has 0 amide bonds. The summed E-state index contributed by atoms with van der Waals surface area (Å²) < 4.78 is 10.5. The zero-order chi connectivity index (χ0) is 10.9. The number of unbranched alkanes of at least 4 members (excludes halogenated alkanes) is 2. The maximum absolute atomic E-state index is 10.1. The summed E-state index contributed by atoms with van der Waals surface area (Å²) in [4.78, 5) is 10.1. The fraction of sp³-hybridized carbons (Fsp3) is 0.417. The molecule has 0 saturated carbocycles. The lowest BCUT2D eigenvalue weighted by atomic mass is 10.2. The first-order chi connectivity index (χ1) is 7.36. The summed E-state index contributed by atoms with van der Waals surface area (Å²) in [6.07, 6.45) is 3.35. The summed E-state index contributed by atoms with van der Waals surface area (Å²) in [5.74, 6) is 1.66. The van der Waals surface area contributed by atoms with Crippen LogP contribution in [0.15, 0.2) is 24.3 Å². The minimum absolute atomic E-state index is 0.617. The Morgan fingerprint density at radius 2 is 1.80 bits per heavy atom. The fourth-order valence-corrected chi connectivity index (χ4v) is 1.19. The SMILES string of the molecule is COc1ccc(OCCCCC=O)cc1. The molecule has 82 valence electrons. The monoisotopic (exact) mass is 208 g/mol. The fourth-order valence-electron chi connectivity index (χ4n) is 1.19. The first-order valence-electron chi connectivity index (χ1n) is 5.07. The molecular weight excluding hydrogens is 192 g/mol. The second-order valence-electron chi connectivity index (χ2n) is 3.19. The van der Waals surface area contributed by atoms with Crippen LogP contribution in [0.3, 0.4) is 0 Å². The molecule has 0 aliphatic rings. The van der Waals surface area contributed by atoms with Crippen molar-refractivity contribution in [2.45, 2.75) is 19.3 Å². The molecule has 0 spiro atoms. The van der Waals surface area contributed by atoms with E-state index in [-0.39, 0.29) is 0 Å². The molecule has 0 atom stereocenters. The molecule has 1 aromatic rings. The Morgan fingerprint density at radius 1 is 1.13 bits per heavy atom. The number of hydrogen-bond acceptors (Lipinski definition) is 3. The second-order valence-corrected chi connectivity index (χ2v) is 3.19. The lowest BCUT2D eigenvalue weighted by molar-refractivity contribution is -0.107. The van der Waals surface area contributed by atoms with Gasteiger partial charge in [0.05, 0.1) is 13.7 Å². The Kier molecular flexibility index (Phi) is 5.30. The third-order valence-electron chi connectivity index (χ3n) is 2.04. The molecule has 15 heavy (non-hydrogen) atoms. The van der Waals surface area contributed by atoms with E-state index in [1.807, 2.05) is 24.3 Å². The van der Waals surface area contributed by atoms with Crippen LogP contribution in [0.25, 0.3) is 0 Å². The number of aldehydes is 1. The molecule has 0 bridgehead atoms. The van der Waals surface area contributed by atoms with Crippen molar-refractivity contribution in [3.8, 4) is 11.5 Å². The lowest BCUT2D eigenvalue weighted by Gasteiger charge is -2.06. The van der Waals surface area contributed by atoms with E-state index in [1.165, 1.54) is 0 Å². The van der Waals surface area contributed by atoms with Crippen molar-refractivity contribution < 1.29 is 14.3 Å². The van der Waals surface area contributed by atoms with Gasteiger partial charge in [-0.05, 0) is 37.1 Å². The van der Waals surface area contributed by atoms with E-state index in [0.29, 0.717) is 13.0 Å². The molecule has 3 heteroatoms. The zero-order valence-corrected chi connectivity index (χ0v) is 8.94. The van der Waals surface area contributed by atoms with Crippen LogP contribution in [-0.2, 0) is 4.79 Å². The van der Waals surface area contributed by atoms with Gasteiger partial charge in [-0.25, -0.2) is 0 Å². The lowest BCUT2D eigenvalue weighted by Crippen LogP contribution is -1.97. The van der Waals surface area contributed by atoms with Gasteiger partial charge in [-0.1, -0.05) is 0 Å². The highest BCUT2D eigenvalue weighted by molar-refractivity contribution is 5.48. The number of carbonyl (C=O) groups excluding carboxylic acids is 1. The molecule has 0 fully saturated rings. The van der Waals surface area contributed by atoms with Crippen LogP contribution in [0, 0.1) is 0 Å². The smallest absolute Gasteiger partial charge is 0.119 e. The van der Waals surface area contributed by atoms with Gasteiger partial charge in [0.25, 0.3) is 0 Å². The third-order valence-corrected chi connectivity index (χ3v) is 2.04. The Bertz CT molecular complexity index is 279. The van der Waals surface area contributed by atoms with Gasteiger partial charge in [0.15, 0.2) is 0 Å². The minimum atomic E-state index is 0.617. The number of methoxy groups -OCH3 is 1. The molecule has 0 unspecified atom stereocenters. The number of benzene rings is 1. The summed E-state index contributed by atoms with van der Waals surface area (Å²) in [6.45, 7) is 0.653. The molecule has 3 nitrogen and oxygen atoms in total. The van der Waals surface area contributed by atoms with Crippen LogP contribution in [0.2, 0.25) is 0 Å². The highest BCUT2D eigenvalue weighted by Gasteiger charge is 1.94. The van der Waals surface area contributed by atoms with Crippen LogP contribution < -0.4 is 9.47 Å². The maximum atomic E-state index is 10.1. The number of rotatable bonds is 7. The van der Waals surface area contributed by atoms with Crippen molar-refractivity contribution in [2.75, 3.05) is 13.7 Å². The Hall–Kier alpha value is -1.51. The largest absolute Gasteiger partial charge is 0.497 e. The quantitative estimate of drug-likeness (QED) is 0.510. The molecule has 0 radical (unpaired) electrons. The van der Waals surface area contributed by atoms with Crippen LogP contribution >= 0.6 is 0 Å². The van der Waals surface area contributed by atoms with Crippen molar-refractivity contribution >= 4 is 6.29 Å². The molecular formula is C12H16O3. The Balaban J connectivity index is 2.22. The summed E-state index contributed by atoms with van der Waals surface area (Å²) in [5.41, 5.74) is 0. The predicted molar refractivity (Wildman–Crippen MR) is 58.4 cm³/mol. The van der Waals surface area contributed by atoms with Gasteiger partial charge in [0, 0.05) is 6.42 Å². The first kappa shape index (κ1) is 11.6. The summed E-state index contributed by atoms with van der Waals surface area (Å²) >= 11 is 0. The van der Waals surface area contributed by atoms with Crippen LogP contribution in [0.1, 0.15) is 19.3 Å². The molecule has 0 aliphatic carbocycles. The van der Waals surface area contributed by atoms with E-state index in [9.17, 15) is 4.79 Å². The first-order valence-corrected chi connectivity index (χ1v) is 5.07. The molecule has 1 aromatic carbocycles. The van der Waals surface area contributed by atoms with Crippen molar-refractivity contribution in [1.29, 1.82) is 0 Å². The summed E-state index contributed by atoms with van der Waals surface area (Å²) in [6, 6.07) is 7.47. The summed E-state index contributed by atoms with van der Waals surface area (Å²) in [5, 5.41) is 0. The van der Waals surface area contributed by atoms with Crippen LogP contribution in [0.4, 0.5) is 0 Å². The zero-order valence-electron chi connectivity index (χ0n) is 8.94. The van der Waals surface area contributed by atoms with Crippen molar-refractivity contribution in [3.05, 3.63) is 24.3 Å². The van der Waals surface area contributed by atoms with E-state index in [0.717, 1.165) is 30.6 Å². The Labute approximate surface area is 90.0 Å². The van der Waals surface area contributed by atoms with Gasteiger partial charge in [-0.3, -0.25) is 0 Å². The van der Waals surface area contributed by atoms with Gasteiger partial charge in [-0.15, -0.1) is 0 Å². The maximum Gasteiger partial charge on any atom is 0.119 e. The van der Waals surface area contributed by atoms with Gasteiger partial charge in [0.1, 0.15) is 17.8 Å². The van der Waals surface area contributed by atoms with Gasteiger partial charge in [0.2, 0.25) is 0 Å². The highest BCUT2D eigenvalue weighted by Crippen LogP contribution is 2.17. The van der Waals surface area contributed by atoms with E-state index < -0.39 is 0 Å². The van der Waals surface area contributed by atoms with Crippen LogP contribution in [0.5, 0.6) is 11.5 Å². The molecule has 0 aromatic heterocycles. The minimum Gasteiger partial charge on any atom is -0.497 e. The highest BCUT2D eigenvalue weighted by atomic mass is 16.5. The van der Waals surface area contributed by atoms with E-state index in [4.69, 9.17) is 9.47 Å². The van der Waals surface area contributed by atoms with E-state index >= 15 is 0 Å². The van der Waals surface area contributed by atoms with Crippen LogP contribution in [-0.4, -0.2) is 20.0 Å². The normalized spacial score (nSPS) is 9.67. The second kappa shape index (κ2) is 6.87. The molecule has 0 heterocycles. The average molecular weight is 208 g/mol. The van der Waals surface area contributed by atoms with Gasteiger partial charge < -0.3 is 14.3 Å². The molecule has 0 saturated heterocycles. The van der Waals surface area contributed by atoms with Crippen molar-refractivity contribution in [1.82, 2.24) is 0 Å². The van der Waals surface area contributed by atoms with Crippen molar-refractivity contribution in [2.24, 2.45) is 0 Å². The molecule has 0 N–H and O–H groups in total. The number of ether oxygens (including phenoxy) is 2. The summed E-state index contributed by atoms with van der Waals surface area (Å²) in [7, 11) is 1.63. The molecule has 1 rings (SSSR count). The molecule has 0 aliphatic heterocycles. The van der Waals surface area contributed by atoms with Gasteiger partial charge in [-0.2, -0.15) is 0 Å².